The molecule has 3 heteroatoms. The number of halogens is 1. The van der Waals surface area contributed by atoms with E-state index in [1.54, 1.807) is 11.3 Å². The smallest absolute Gasteiger partial charge is 0.0516 e. The maximum Gasteiger partial charge on any atom is 0.0516 e. The number of rotatable bonds is 4. The van der Waals surface area contributed by atoms with Gasteiger partial charge in [0.2, 0.25) is 0 Å². The summed E-state index contributed by atoms with van der Waals surface area (Å²) in [6, 6.07) is 2.04. The molecule has 1 aliphatic carbocycles. The molecule has 1 aromatic rings. The molecular weight excluding hydrogens is 238 g/mol. The largest absolute Gasteiger partial charge is 0.312 e. The van der Waals surface area contributed by atoms with Crippen LogP contribution in [0.4, 0.5) is 0 Å². The first kappa shape index (κ1) is 12.4. The minimum atomic E-state index is 0.479. The van der Waals surface area contributed by atoms with Crippen molar-refractivity contribution in [1.82, 2.24) is 5.32 Å². The van der Waals surface area contributed by atoms with Gasteiger partial charge in [-0.3, -0.25) is 0 Å². The monoisotopic (exact) mass is 257 g/mol. The molecule has 1 nitrogen and oxygen atoms in total. The Morgan fingerprint density at radius 1 is 1.31 bits per heavy atom. The van der Waals surface area contributed by atoms with Crippen molar-refractivity contribution in [2.75, 3.05) is 6.54 Å². The Labute approximate surface area is 107 Å². The average Bonchev–Trinajstić information content (AvgIpc) is 2.53. The number of nitrogens with one attached hydrogen (secondary N) is 1. The van der Waals surface area contributed by atoms with Gasteiger partial charge in [0.1, 0.15) is 0 Å². The summed E-state index contributed by atoms with van der Waals surface area (Å²) in [4.78, 5) is 1.32. The summed E-state index contributed by atoms with van der Waals surface area (Å²) in [6.45, 7) is 11.5. The van der Waals surface area contributed by atoms with Crippen molar-refractivity contribution in [3.05, 3.63) is 21.3 Å². The molecule has 1 fully saturated rings. The Balaban J connectivity index is 1.78. The fraction of sp³-hybridized carbons (Fsp3) is 0.692. The van der Waals surface area contributed by atoms with E-state index in [0.29, 0.717) is 10.8 Å². The highest BCUT2D eigenvalue weighted by atomic mass is 35.5. The molecule has 0 atom stereocenters. The van der Waals surface area contributed by atoms with Gasteiger partial charge in [-0.05, 0) is 29.4 Å². The van der Waals surface area contributed by atoms with Crippen LogP contribution in [0.15, 0.2) is 11.4 Å². The maximum absolute atomic E-state index is 5.89. The highest BCUT2D eigenvalue weighted by Gasteiger charge is 2.63. The van der Waals surface area contributed by atoms with Crippen LogP contribution in [0.5, 0.6) is 0 Å². The van der Waals surface area contributed by atoms with E-state index in [1.165, 1.54) is 4.88 Å². The molecule has 0 aliphatic heterocycles. The van der Waals surface area contributed by atoms with Crippen molar-refractivity contribution in [3.63, 3.8) is 0 Å². The Kier molecular flexibility index (Phi) is 3.11. The zero-order valence-corrected chi connectivity index (χ0v) is 12.0. The minimum Gasteiger partial charge on any atom is -0.312 e. The van der Waals surface area contributed by atoms with E-state index in [4.69, 9.17) is 11.6 Å². The Bertz CT molecular complexity index is 367. The van der Waals surface area contributed by atoms with Crippen LogP contribution in [0, 0.1) is 16.7 Å². The lowest BCUT2D eigenvalue weighted by molar-refractivity contribution is 0.457. The van der Waals surface area contributed by atoms with Gasteiger partial charge in [-0.1, -0.05) is 39.3 Å². The van der Waals surface area contributed by atoms with E-state index < -0.39 is 0 Å². The topological polar surface area (TPSA) is 12.0 Å². The summed E-state index contributed by atoms with van der Waals surface area (Å²) in [5, 5.41) is 6.39. The summed E-state index contributed by atoms with van der Waals surface area (Å²) < 4.78 is 0. The van der Waals surface area contributed by atoms with E-state index in [-0.39, 0.29) is 0 Å². The predicted molar refractivity (Wildman–Crippen MR) is 72.1 cm³/mol. The molecule has 0 amide bonds. The molecule has 0 saturated heterocycles. The van der Waals surface area contributed by atoms with E-state index >= 15 is 0 Å². The van der Waals surface area contributed by atoms with Crippen molar-refractivity contribution in [3.8, 4) is 0 Å². The molecule has 0 spiro atoms. The normalized spacial score (nSPS) is 22.3. The van der Waals surface area contributed by atoms with Crippen molar-refractivity contribution in [1.29, 1.82) is 0 Å². The predicted octanol–water partition coefficient (Wildman–Crippen LogP) is 4.17. The van der Waals surface area contributed by atoms with Gasteiger partial charge in [0.25, 0.3) is 0 Å². The van der Waals surface area contributed by atoms with Crippen LogP contribution in [-0.2, 0) is 6.54 Å². The Hall–Kier alpha value is -0.0500. The van der Waals surface area contributed by atoms with Gasteiger partial charge < -0.3 is 5.32 Å². The molecule has 1 saturated carbocycles. The number of thiophene rings is 1. The van der Waals surface area contributed by atoms with Crippen LogP contribution in [0.1, 0.15) is 32.6 Å². The molecule has 90 valence electrons. The van der Waals surface area contributed by atoms with Crippen LogP contribution in [0.3, 0.4) is 0 Å². The second-order valence-electron chi connectivity index (χ2n) is 5.86. The second kappa shape index (κ2) is 4.01. The lowest BCUT2D eigenvalue weighted by Gasteiger charge is -2.04. The molecule has 0 unspecified atom stereocenters. The maximum atomic E-state index is 5.89. The van der Waals surface area contributed by atoms with Crippen LogP contribution in [0.25, 0.3) is 0 Å². The Morgan fingerprint density at radius 2 is 1.94 bits per heavy atom. The van der Waals surface area contributed by atoms with Gasteiger partial charge in [-0.15, -0.1) is 11.3 Å². The molecule has 1 aromatic heterocycles. The van der Waals surface area contributed by atoms with Crippen molar-refractivity contribution in [2.45, 2.75) is 34.2 Å². The van der Waals surface area contributed by atoms with Crippen LogP contribution >= 0.6 is 22.9 Å². The molecule has 1 heterocycles. The highest BCUT2D eigenvalue weighted by molar-refractivity contribution is 7.10. The molecule has 0 aromatic carbocycles. The van der Waals surface area contributed by atoms with Crippen LogP contribution in [0.2, 0.25) is 5.02 Å². The van der Waals surface area contributed by atoms with Crippen molar-refractivity contribution < 1.29 is 0 Å². The lowest BCUT2D eigenvalue weighted by atomic mass is 10.0. The third-order valence-corrected chi connectivity index (χ3v) is 5.87. The summed E-state index contributed by atoms with van der Waals surface area (Å²) in [6.07, 6.45) is 0. The van der Waals surface area contributed by atoms with Crippen LogP contribution < -0.4 is 5.32 Å². The van der Waals surface area contributed by atoms with Gasteiger partial charge in [0, 0.05) is 16.8 Å². The Morgan fingerprint density at radius 3 is 2.38 bits per heavy atom. The fourth-order valence-corrected chi connectivity index (χ4v) is 3.67. The van der Waals surface area contributed by atoms with E-state index in [1.807, 2.05) is 11.4 Å². The first-order chi connectivity index (χ1) is 7.35. The molecule has 0 bridgehead atoms. The fourth-order valence-electron chi connectivity index (χ4n) is 2.63. The van der Waals surface area contributed by atoms with E-state index in [9.17, 15) is 0 Å². The summed E-state index contributed by atoms with van der Waals surface area (Å²) in [5.41, 5.74) is 0.959. The van der Waals surface area contributed by atoms with Gasteiger partial charge in [-0.2, -0.15) is 0 Å². The first-order valence-electron chi connectivity index (χ1n) is 5.79. The zero-order valence-electron chi connectivity index (χ0n) is 10.4. The van der Waals surface area contributed by atoms with Crippen LogP contribution in [-0.4, -0.2) is 6.54 Å². The first-order valence-corrected chi connectivity index (χ1v) is 7.05. The minimum absolute atomic E-state index is 0.479. The van der Waals surface area contributed by atoms with Gasteiger partial charge in [-0.25, -0.2) is 0 Å². The van der Waals surface area contributed by atoms with Gasteiger partial charge in [0.15, 0.2) is 0 Å². The standard InChI is InChI=1S/C13H20ClNS/c1-12(2)11(13(12,3)4)7-15-6-10-5-9(14)8-16-10/h5,8,11,15H,6-7H2,1-4H3. The summed E-state index contributed by atoms with van der Waals surface area (Å²) in [7, 11) is 0. The second-order valence-corrected chi connectivity index (χ2v) is 7.29. The quantitative estimate of drug-likeness (QED) is 0.854. The highest BCUT2D eigenvalue weighted by Crippen LogP contribution is 2.67. The molecular formula is C13H20ClNS. The molecule has 2 rings (SSSR count). The third-order valence-electron chi connectivity index (χ3n) is 4.59. The molecule has 16 heavy (non-hydrogen) atoms. The number of hydrogen-bond donors (Lipinski definition) is 1. The average molecular weight is 258 g/mol. The molecule has 1 aliphatic rings. The van der Waals surface area contributed by atoms with E-state index in [2.05, 4.69) is 33.0 Å². The summed E-state index contributed by atoms with van der Waals surface area (Å²) in [5.74, 6) is 0.787. The third kappa shape index (κ3) is 2.03. The lowest BCUT2D eigenvalue weighted by Crippen LogP contribution is -2.18. The summed E-state index contributed by atoms with van der Waals surface area (Å²) >= 11 is 7.61. The van der Waals surface area contributed by atoms with Crippen molar-refractivity contribution >= 4 is 22.9 Å². The van der Waals surface area contributed by atoms with Gasteiger partial charge >= 0.3 is 0 Å². The SMILES string of the molecule is CC1(C)C(CNCc2cc(Cl)cs2)C1(C)C. The zero-order chi connectivity index (χ0) is 12.0. The molecule has 1 N–H and O–H groups in total. The van der Waals surface area contributed by atoms with E-state index in [0.717, 1.165) is 24.0 Å². The van der Waals surface area contributed by atoms with Crippen molar-refractivity contribution in [2.24, 2.45) is 16.7 Å². The number of hydrogen-bond acceptors (Lipinski definition) is 2. The molecule has 0 radical (unpaired) electrons. The van der Waals surface area contributed by atoms with Gasteiger partial charge in [0.05, 0.1) is 5.02 Å².